The summed E-state index contributed by atoms with van der Waals surface area (Å²) >= 11 is 7.72. The molecule has 1 N–H and O–H groups in total. The Morgan fingerprint density at radius 1 is 1.50 bits per heavy atom. The SMILES string of the molecule is CC(C)C1CNC(C)(C)CN1Cc1ccc(Cl)s1. The molecule has 1 aromatic rings. The molecule has 2 nitrogen and oxygen atoms in total. The average molecular weight is 287 g/mol. The Hall–Kier alpha value is -0.0900. The van der Waals surface area contributed by atoms with E-state index in [2.05, 4.69) is 44.0 Å². The van der Waals surface area contributed by atoms with E-state index >= 15 is 0 Å². The third-order valence-electron chi connectivity index (χ3n) is 3.61. The van der Waals surface area contributed by atoms with E-state index < -0.39 is 0 Å². The summed E-state index contributed by atoms with van der Waals surface area (Å²) in [5.41, 5.74) is 0.201. The molecule has 102 valence electrons. The van der Waals surface area contributed by atoms with Crippen LogP contribution in [0.4, 0.5) is 0 Å². The van der Waals surface area contributed by atoms with Crippen molar-refractivity contribution in [3.05, 3.63) is 21.3 Å². The van der Waals surface area contributed by atoms with Crippen molar-refractivity contribution in [3.8, 4) is 0 Å². The van der Waals surface area contributed by atoms with Crippen molar-refractivity contribution in [1.29, 1.82) is 0 Å². The molecule has 0 bridgehead atoms. The minimum absolute atomic E-state index is 0.201. The van der Waals surface area contributed by atoms with Crippen LogP contribution >= 0.6 is 22.9 Å². The predicted molar refractivity (Wildman–Crippen MR) is 80.4 cm³/mol. The van der Waals surface area contributed by atoms with E-state index in [1.54, 1.807) is 11.3 Å². The molecule has 2 rings (SSSR count). The van der Waals surface area contributed by atoms with Gasteiger partial charge in [-0.15, -0.1) is 11.3 Å². The summed E-state index contributed by atoms with van der Waals surface area (Å²) in [5.74, 6) is 0.670. The quantitative estimate of drug-likeness (QED) is 0.913. The molecule has 1 atom stereocenters. The molecule has 18 heavy (non-hydrogen) atoms. The van der Waals surface area contributed by atoms with Crippen molar-refractivity contribution in [2.75, 3.05) is 13.1 Å². The monoisotopic (exact) mass is 286 g/mol. The Morgan fingerprint density at radius 2 is 2.22 bits per heavy atom. The molecule has 0 saturated carbocycles. The van der Waals surface area contributed by atoms with Crippen LogP contribution in [0.15, 0.2) is 12.1 Å². The molecule has 0 aliphatic carbocycles. The Kier molecular flexibility index (Phi) is 4.37. The largest absolute Gasteiger partial charge is 0.309 e. The zero-order valence-electron chi connectivity index (χ0n) is 11.7. The maximum atomic E-state index is 6.02. The van der Waals surface area contributed by atoms with E-state index in [0.29, 0.717) is 12.0 Å². The van der Waals surface area contributed by atoms with Gasteiger partial charge in [0.2, 0.25) is 0 Å². The first kappa shape index (κ1) is 14.3. The number of rotatable bonds is 3. The van der Waals surface area contributed by atoms with E-state index in [-0.39, 0.29) is 5.54 Å². The average Bonchev–Trinajstić information content (AvgIpc) is 2.62. The van der Waals surface area contributed by atoms with Gasteiger partial charge in [0.05, 0.1) is 4.34 Å². The lowest BCUT2D eigenvalue weighted by atomic mass is 9.93. The highest BCUT2D eigenvalue weighted by Crippen LogP contribution is 2.27. The van der Waals surface area contributed by atoms with Crippen molar-refractivity contribution < 1.29 is 0 Å². The van der Waals surface area contributed by atoms with Gasteiger partial charge in [0.25, 0.3) is 0 Å². The molecular weight excluding hydrogens is 264 g/mol. The van der Waals surface area contributed by atoms with Gasteiger partial charge in [-0.3, -0.25) is 4.90 Å². The topological polar surface area (TPSA) is 15.3 Å². The van der Waals surface area contributed by atoms with Crippen LogP contribution in [0.2, 0.25) is 4.34 Å². The molecule has 1 aliphatic heterocycles. The number of thiophene rings is 1. The van der Waals surface area contributed by atoms with E-state index in [0.717, 1.165) is 24.0 Å². The molecule has 1 fully saturated rings. The van der Waals surface area contributed by atoms with Crippen LogP contribution in [0.5, 0.6) is 0 Å². The zero-order chi connectivity index (χ0) is 13.3. The smallest absolute Gasteiger partial charge is 0.0931 e. The van der Waals surface area contributed by atoms with E-state index in [1.807, 2.05) is 6.07 Å². The van der Waals surface area contributed by atoms with Crippen LogP contribution in [0, 0.1) is 5.92 Å². The van der Waals surface area contributed by atoms with Crippen LogP contribution in [0.1, 0.15) is 32.6 Å². The molecule has 1 aromatic heterocycles. The molecule has 0 aromatic carbocycles. The van der Waals surface area contributed by atoms with Gasteiger partial charge in [0.15, 0.2) is 0 Å². The minimum atomic E-state index is 0.201. The molecule has 1 unspecified atom stereocenters. The highest BCUT2D eigenvalue weighted by atomic mass is 35.5. The minimum Gasteiger partial charge on any atom is -0.309 e. The summed E-state index contributed by atoms with van der Waals surface area (Å²) < 4.78 is 0.889. The van der Waals surface area contributed by atoms with Gasteiger partial charge >= 0.3 is 0 Å². The lowest BCUT2D eigenvalue weighted by Crippen LogP contribution is -2.62. The molecule has 0 spiro atoms. The van der Waals surface area contributed by atoms with Crippen LogP contribution < -0.4 is 5.32 Å². The maximum Gasteiger partial charge on any atom is 0.0931 e. The normalized spacial score (nSPS) is 24.7. The number of halogens is 1. The lowest BCUT2D eigenvalue weighted by Gasteiger charge is -2.46. The zero-order valence-corrected chi connectivity index (χ0v) is 13.2. The van der Waals surface area contributed by atoms with Crippen LogP contribution in [0.3, 0.4) is 0 Å². The second-order valence-electron chi connectivity index (χ2n) is 6.19. The second kappa shape index (κ2) is 5.49. The van der Waals surface area contributed by atoms with E-state index in [9.17, 15) is 0 Å². The summed E-state index contributed by atoms with van der Waals surface area (Å²) in [6.07, 6.45) is 0. The van der Waals surface area contributed by atoms with Gasteiger partial charge in [-0.05, 0) is 31.9 Å². The van der Waals surface area contributed by atoms with Crippen molar-refractivity contribution in [2.45, 2.75) is 45.8 Å². The molecule has 1 saturated heterocycles. The Bertz CT molecular complexity index is 400. The third kappa shape index (κ3) is 3.47. The molecule has 4 heteroatoms. The number of hydrogen-bond donors (Lipinski definition) is 1. The number of nitrogens with one attached hydrogen (secondary N) is 1. The third-order valence-corrected chi connectivity index (χ3v) is 4.83. The predicted octanol–water partition coefficient (Wildman–Crippen LogP) is 3.61. The summed E-state index contributed by atoms with van der Waals surface area (Å²) in [5, 5.41) is 3.65. The first-order chi connectivity index (χ1) is 8.37. The number of nitrogens with zero attached hydrogens (tertiary/aromatic N) is 1. The fourth-order valence-electron chi connectivity index (χ4n) is 2.66. The number of hydrogen-bond acceptors (Lipinski definition) is 3. The summed E-state index contributed by atoms with van der Waals surface area (Å²) in [4.78, 5) is 3.96. The lowest BCUT2D eigenvalue weighted by molar-refractivity contribution is 0.0636. The Balaban J connectivity index is 2.10. The highest BCUT2D eigenvalue weighted by Gasteiger charge is 2.33. The summed E-state index contributed by atoms with van der Waals surface area (Å²) in [7, 11) is 0. The first-order valence-electron chi connectivity index (χ1n) is 6.61. The molecular formula is C14H23ClN2S. The Labute approximate surface area is 119 Å². The highest BCUT2D eigenvalue weighted by molar-refractivity contribution is 7.16. The van der Waals surface area contributed by atoms with Gasteiger partial charge in [-0.1, -0.05) is 25.4 Å². The van der Waals surface area contributed by atoms with Crippen LogP contribution in [0.25, 0.3) is 0 Å². The fraction of sp³-hybridized carbons (Fsp3) is 0.714. The van der Waals surface area contributed by atoms with Crippen molar-refractivity contribution >= 4 is 22.9 Å². The fourth-order valence-corrected chi connectivity index (χ4v) is 3.77. The Morgan fingerprint density at radius 3 is 2.78 bits per heavy atom. The van der Waals surface area contributed by atoms with E-state index in [1.165, 1.54) is 4.88 Å². The van der Waals surface area contributed by atoms with Crippen LogP contribution in [-0.4, -0.2) is 29.6 Å². The molecule has 0 radical (unpaired) electrons. The van der Waals surface area contributed by atoms with Gasteiger partial charge in [0.1, 0.15) is 0 Å². The summed E-state index contributed by atoms with van der Waals surface area (Å²) in [6.45, 7) is 12.3. The number of piperazine rings is 1. The maximum absolute atomic E-state index is 6.02. The summed E-state index contributed by atoms with van der Waals surface area (Å²) in [6, 6.07) is 4.76. The first-order valence-corrected chi connectivity index (χ1v) is 7.80. The van der Waals surface area contributed by atoms with Gasteiger partial charge < -0.3 is 5.32 Å². The van der Waals surface area contributed by atoms with Gasteiger partial charge in [0, 0.05) is 36.1 Å². The van der Waals surface area contributed by atoms with Crippen molar-refractivity contribution in [3.63, 3.8) is 0 Å². The molecule has 0 amide bonds. The molecule has 1 aliphatic rings. The van der Waals surface area contributed by atoms with Crippen molar-refractivity contribution in [2.24, 2.45) is 5.92 Å². The second-order valence-corrected chi connectivity index (χ2v) is 7.99. The van der Waals surface area contributed by atoms with Crippen molar-refractivity contribution in [1.82, 2.24) is 10.2 Å². The van der Waals surface area contributed by atoms with Gasteiger partial charge in [-0.25, -0.2) is 0 Å². The standard InChI is InChI=1S/C14H23ClN2S/c1-10(2)12-7-16-14(3,4)9-17(12)8-11-5-6-13(15)18-11/h5-6,10,12,16H,7-9H2,1-4H3. The van der Waals surface area contributed by atoms with E-state index in [4.69, 9.17) is 11.6 Å². The van der Waals surface area contributed by atoms with Gasteiger partial charge in [-0.2, -0.15) is 0 Å². The van der Waals surface area contributed by atoms with Crippen LogP contribution in [-0.2, 0) is 6.54 Å². The molecule has 2 heterocycles.